The van der Waals surface area contributed by atoms with Crippen molar-refractivity contribution in [3.05, 3.63) is 35.4 Å². The van der Waals surface area contributed by atoms with Gasteiger partial charge >= 0.3 is 0 Å². The van der Waals surface area contributed by atoms with Crippen molar-refractivity contribution < 1.29 is 9.90 Å². The summed E-state index contributed by atoms with van der Waals surface area (Å²) in [5.74, 6) is 0.994. The van der Waals surface area contributed by atoms with Gasteiger partial charge in [-0.3, -0.25) is 4.79 Å². The molecule has 100 valence electrons. The van der Waals surface area contributed by atoms with E-state index >= 15 is 0 Å². The normalized spacial score (nSPS) is 12.5. The third kappa shape index (κ3) is 4.35. The molecular formula is C14H21NO2S. The van der Waals surface area contributed by atoms with Gasteiger partial charge in [0.1, 0.15) is 0 Å². The fraction of sp³-hybridized carbons (Fsp3) is 0.500. The lowest BCUT2D eigenvalue weighted by molar-refractivity contribution is 0.0897. The number of amides is 1. The Kier molecular flexibility index (Phi) is 6.22. The monoisotopic (exact) mass is 267 g/mol. The summed E-state index contributed by atoms with van der Waals surface area (Å²) in [6, 6.07) is 7.42. The van der Waals surface area contributed by atoms with Gasteiger partial charge in [0.2, 0.25) is 0 Å². The minimum absolute atomic E-state index is 0.0338. The zero-order valence-corrected chi connectivity index (χ0v) is 12.0. The average Bonchev–Trinajstić information content (AvgIpc) is 2.36. The Morgan fingerprint density at radius 2 is 2.17 bits per heavy atom. The lowest BCUT2D eigenvalue weighted by atomic mass is 10.0. The first-order valence-corrected chi connectivity index (χ1v) is 7.47. The van der Waals surface area contributed by atoms with Crippen LogP contribution in [-0.2, 0) is 5.75 Å². The van der Waals surface area contributed by atoms with Crippen LogP contribution in [0.2, 0.25) is 0 Å². The molecule has 0 aliphatic heterocycles. The quantitative estimate of drug-likeness (QED) is 0.831. The minimum atomic E-state index is -0.193. The molecule has 1 aromatic carbocycles. The Morgan fingerprint density at radius 3 is 2.72 bits per heavy atom. The first-order chi connectivity index (χ1) is 8.58. The maximum atomic E-state index is 12.0. The molecule has 0 heterocycles. The van der Waals surface area contributed by atoms with Gasteiger partial charge in [-0.25, -0.2) is 0 Å². The summed E-state index contributed by atoms with van der Waals surface area (Å²) in [5, 5.41) is 12.1. The van der Waals surface area contributed by atoms with E-state index in [1.165, 1.54) is 0 Å². The molecule has 1 unspecified atom stereocenters. The van der Waals surface area contributed by atoms with E-state index in [2.05, 4.69) is 5.32 Å². The van der Waals surface area contributed by atoms with E-state index < -0.39 is 0 Å². The number of benzene rings is 1. The molecule has 0 fully saturated rings. The van der Waals surface area contributed by atoms with Crippen LogP contribution in [0.25, 0.3) is 0 Å². The molecule has 0 spiro atoms. The molecule has 3 nitrogen and oxygen atoms in total. The standard InChI is InChI=1S/C14H21NO2S/c1-10(2)13(8-16)15-14(17)12-6-4-5-11(7-12)9-18-3/h4-7,10,13,16H,8-9H2,1-3H3,(H,15,17). The lowest BCUT2D eigenvalue weighted by Crippen LogP contribution is -2.41. The number of hydrogen-bond donors (Lipinski definition) is 2. The Hall–Kier alpha value is -1.00. The summed E-state index contributed by atoms with van der Waals surface area (Å²) in [6.45, 7) is 3.92. The van der Waals surface area contributed by atoms with Crippen LogP contribution in [0.5, 0.6) is 0 Å². The van der Waals surface area contributed by atoms with Crippen LogP contribution in [-0.4, -0.2) is 29.9 Å². The van der Waals surface area contributed by atoms with Crippen molar-refractivity contribution in [3.8, 4) is 0 Å². The summed E-state index contributed by atoms with van der Waals surface area (Å²) >= 11 is 1.73. The minimum Gasteiger partial charge on any atom is -0.394 e. The van der Waals surface area contributed by atoms with Gasteiger partial charge in [-0.1, -0.05) is 26.0 Å². The molecule has 0 aromatic heterocycles. The second-order valence-corrected chi connectivity index (χ2v) is 5.51. The molecule has 0 saturated heterocycles. The van der Waals surface area contributed by atoms with Crippen LogP contribution >= 0.6 is 11.8 Å². The van der Waals surface area contributed by atoms with E-state index in [9.17, 15) is 9.90 Å². The largest absolute Gasteiger partial charge is 0.394 e. The summed E-state index contributed by atoms with van der Waals surface area (Å²) < 4.78 is 0. The molecule has 1 amide bonds. The highest BCUT2D eigenvalue weighted by atomic mass is 32.2. The van der Waals surface area contributed by atoms with Crippen molar-refractivity contribution in [3.63, 3.8) is 0 Å². The Labute approximate surface area is 113 Å². The molecule has 0 bridgehead atoms. The van der Waals surface area contributed by atoms with Crippen LogP contribution < -0.4 is 5.32 Å². The smallest absolute Gasteiger partial charge is 0.251 e. The molecule has 0 radical (unpaired) electrons. The second kappa shape index (κ2) is 7.44. The Balaban J connectivity index is 2.74. The molecule has 0 saturated carbocycles. The number of carbonyl (C=O) groups excluding carboxylic acids is 1. The molecule has 1 rings (SSSR count). The van der Waals surface area contributed by atoms with Crippen molar-refractivity contribution >= 4 is 17.7 Å². The highest BCUT2D eigenvalue weighted by Gasteiger charge is 2.16. The van der Waals surface area contributed by atoms with E-state index in [0.717, 1.165) is 11.3 Å². The van der Waals surface area contributed by atoms with E-state index in [-0.39, 0.29) is 24.5 Å². The van der Waals surface area contributed by atoms with Crippen LogP contribution in [0.15, 0.2) is 24.3 Å². The van der Waals surface area contributed by atoms with Crippen molar-refractivity contribution in [2.24, 2.45) is 5.92 Å². The fourth-order valence-electron chi connectivity index (χ4n) is 1.64. The maximum absolute atomic E-state index is 12.0. The van der Waals surface area contributed by atoms with Crippen LogP contribution in [0.4, 0.5) is 0 Å². The number of nitrogens with one attached hydrogen (secondary N) is 1. The molecule has 0 aliphatic rings. The predicted octanol–water partition coefficient (Wildman–Crippen LogP) is 2.30. The third-order valence-electron chi connectivity index (χ3n) is 2.82. The summed E-state index contributed by atoms with van der Waals surface area (Å²) in [6.07, 6.45) is 2.04. The highest BCUT2D eigenvalue weighted by molar-refractivity contribution is 7.97. The number of thioether (sulfide) groups is 1. The molecule has 2 N–H and O–H groups in total. The zero-order valence-electron chi connectivity index (χ0n) is 11.1. The summed E-state index contributed by atoms with van der Waals surface area (Å²) in [7, 11) is 0. The van der Waals surface area contributed by atoms with Crippen molar-refractivity contribution in [2.75, 3.05) is 12.9 Å². The van der Waals surface area contributed by atoms with Gasteiger partial charge in [-0.15, -0.1) is 0 Å². The van der Waals surface area contributed by atoms with Gasteiger partial charge in [0.05, 0.1) is 12.6 Å². The third-order valence-corrected chi connectivity index (χ3v) is 3.44. The van der Waals surface area contributed by atoms with Gasteiger partial charge in [-0.05, 0) is 29.9 Å². The molecule has 1 aromatic rings. The number of rotatable bonds is 6. The van der Waals surface area contributed by atoms with Gasteiger partial charge in [-0.2, -0.15) is 11.8 Å². The average molecular weight is 267 g/mol. The zero-order chi connectivity index (χ0) is 13.5. The van der Waals surface area contributed by atoms with Crippen molar-refractivity contribution in [2.45, 2.75) is 25.6 Å². The number of aliphatic hydroxyl groups is 1. The molecular weight excluding hydrogens is 246 g/mol. The second-order valence-electron chi connectivity index (χ2n) is 4.64. The fourth-order valence-corrected chi connectivity index (χ4v) is 2.16. The van der Waals surface area contributed by atoms with Crippen LogP contribution in [0.1, 0.15) is 29.8 Å². The Bertz CT molecular complexity index is 393. The van der Waals surface area contributed by atoms with E-state index in [1.807, 2.05) is 38.3 Å². The highest BCUT2D eigenvalue weighted by Crippen LogP contribution is 2.12. The van der Waals surface area contributed by atoms with E-state index in [1.54, 1.807) is 17.8 Å². The van der Waals surface area contributed by atoms with Crippen molar-refractivity contribution in [1.82, 2.24) is 5.32 Å². The molecule has 1 atom stereocenters. The molecule has 4 heteroatoms. The first kappa shape index (κ1) is 15.1. The Morgan fingerprint density at radius 1 is 1.44 bits per heavy atom. The summed E-state index contributed by atoms with van der Waals surface area (Å²) in [4.78, 5) is 12.0. The van der Waals surface area contributed by atoms with Gasteiger partial charge in [0.25, 0.3) is 5.91 Å². The van der Waals surface area contributed by atoms with Crippen LogP contribution in [0, 0.1) is 5.92 Å². The van der Waals surface area contributed by atoms with Gasteiger partial charge in [0.15, 0.2) is 0 Å². The number of hydrogen-bond acceptors (Lipinski definition) is 3. The maximum Gasteiger partial charge on any atom is 0.251 e. The number of carbonyl (C=O) groups is 1. The molecule has 18 heavy (non-hydrogen) atoms. The lowest BCUT2D eigenvalue weighted by Gasteiger charge is -2.20. The van der Waals surface area contributed by atoms with Crippen molar-refractivity contribution in [1.29, 1.82) is 0 Å². The van der Waals surface area contributed by atoms with Gasteiger partial charge in [0, 0.05) is 11.3 Å². The van der Waals surface area contributed by atoms with E-state index in [4.69, 9.17) is 0 Å². The van der Waals surface area contributed by atoms with Gasteiger partial charge < -0.3 is 10.4 Å². The van der Waals surface area contributed by atoms with E-state index in [0.29, 0.717) is 5.56 Å². The van der Waals surface area contributed by atoms with Crippen LogP contribution in [0.3, 0.4) is 0 Å². The first-order valence-electron chi connectivity index (χ1n) is 6.08. The predicted molar refractivity (Wildman–Crippen MR) is 76.8 cm³/mol. The summed E-state index contributed by atoms with van der Waals surface area (Å²) in [5.41, 5.74) is 1.79. The number of aliphatic hydroxyl groups excluding tert-OH is 1. The molecule has 0 aliphatic carbocycles. The topological polar surface area (TPSA) is 49.3 Å². The SMILES string of the molecule is CSCc1cccc(C(=O)NC(CO)C(C)C)c1.